The maximum atomic E-state index is 11.0. The van der Waals surface area contributed by atoms with E-state index in [1.807, 2.05) is 26.2 Å². The Kier molecular flexibility index (Phi) is 5.58. The van der Waals surface area contributed by atoms with Crippen molar-refractivity contribution in [2.24, 2.45) is 11.8 Å². The molecule has 0 aromatic carbocycles. The second kappa shape index (κ2) is 6.71. The highest BCUT2D eigenvalue weighted by Crippen LogP contribution is 2.12. The zero-order valence-corrected chi connectivity index (χ0v) is 11.4. The van der Waals surface area contributed by atoms with E-state index in [0.29, 0.717) is 25.4 Å². The molecule has 0 bridgehead atoms. The van der Waals surface area contributed by atoms with Gasteiger partial charge in [0.25, 0.3) is 0 Å². The van der Waals surface area contributed by atoms with Gasteiger partial charge in [-0.15, -0.1) is 11.3 Å². The molecule has 0 aliphatic heterocycles. The first-order valence-corrected chi connectivity index (χ1v) is 6.71. The van der Waals surface area contributed by atoms with E-state index in [9.17, 15) is 4.79 Å². The lowest BCUT2D eigenvalue weighted by Crippen LogP contribution is -2.29. The Morgan fingerprint density at radius 2 is 2.29 bits per heavy atom. The summed E-state index contributed by atoms with van der Waals surface area (Å²) in [6.07, 6.45) is 0.707. The standard InChI is InChI=1S/C12H20N2O2S/c1-8(2)4-10(12(15)16)5-13-6-11-7-17-9(3)14-11/h7-8,10,13H,4-6H2,1-3H3,(H,15,16). The van der Waals surface area contributed by atoms with E-state index in [1.165, 1.54) is 0 Å². The Balaban J connectivity index is 2.34. The molecule has 96 valence electrons. The molecule has 1 aromatic rings. The smallest absolute Gasteiger partial charge is 0.307 e. The van der Waals surface area contributed by atoms with Crippen LogP contribution in [-0.4, -0.2) is 22.6 Å². The van der Waals surface area contributed by atoms with Crippen LogP contribution >= 0.6 is 11.3 Å². The molecule has 0 radical (unpaired) electrons. The summed E-state index contributed by atoms with van der Waals surface area (Å²) in [6.45, 7) is 7.20. The van der Waals surface area contributed by atoms with Gasteiger partial charge < -0.3 is 10.4 Å². The number of thiazole rings is 1. The molecule has 0 aliphatic rings. The summed E-state index contributed by atoms with van der Waals surface area (Å²) in [5, 5.41) is 15.3. The van der Waals surface area contributed by atoms with Crippen molar-refractivity contribution < 1.29 is 9.90 Å². The van der Waals surface area contributed by atoms with E-state index in [0.717, 1.165) is 10.7 Å². The molecule has 0 saturated carbocycles. The predicted molar refractivity (Wildman–Crippen MR) is 69.1 cm³/mol. The number of aryl methyl sites for hydroxylation is 1. The van der Waals surface area contributed by atoms with Crippen LogP contribution in [0.5, 0.6) is 0 Å². The first-order valence-electron chi connectivity index (χ1n) is 5.83. The fraction of sp³-hybridized carbons (Fsp3) is 0.667. The SMILES string of the molecule is Cc1nc(CNCC(CC(C)C)C(=O)O)cs1. The molecule has 5 heteroatoms. The van der Waals surface area contributed by atoms with Crippen LogP contribution in [0.25, 0.3) is 0 Å². The lowest BCUT2D eigenvalue weighted by molar-refractivity contribution is -0.142. The van der Waals surface area contributed by atoms with Gasteiger partial charge in [0.2, 0.25) is 0 Å². The van der Waals surface area contributed by atoms with Gasteiger partial charge in [0.1, 0.15) is 0 Å². The number of aromatic nitrogens is 1. The molecule has 0 spiro atoms. The van der Waals surface area contributed by atoms with Crippen LogP contribution in [0.3, 0.4) is 0 Å². The van der Waals surface area contributed by atoms with Gasteiger partial charge in [0.15, 0.2) is 0 Å². The van der Waals surface area contributed by atoms with Crippen LogP contribution in [0, 0.1) is 18.8 Å². The highest BCUT2D eigenvalue weighted by Gasteiger charge is 2.18. The average molecular weight is 256 g/mol. The third kappa shape index (κ3) is 5.28. The van der Waals surface area contributed by atoms with Crippen LogP contribution in [0.2, 0.25) is 0 Å². The number of carboxylic acids is 1. The summed E-state index contributed by atoms with van der Waals surface area (Å²) >= 11 is 1.61. The summed E-state index contributed by atoms with van der Waals surface area (Å²) in [4.78, 5) is 15.3. The second-order valence-electron chi connectivity index (χ2n) is 4.65. The number of rotatable bonds is 7. The van der Waals surface area contributed by atoms with E-state index in [1.54, 1.807) is 11.3 Å². The lowest BCUT2D eigenvalue weighted by Gasteiger charge is -2.14. The molecule has 2 N–H and O–H groups in total. The van der Waals surface area contributed by atoms with Crippen molar-refractivity contribution in [3.63, 3.8) is 0 Å². The van der Waals surface area contributed by atoms with Gasteiger partial charge in [0, 0.05) is 18.5 Å². The molecule has 0 aliphatic carbocycles. The molecule has 1 unspecified atom stereocenters. The number of hydrogen-bond acceptors (Lipinski definition) is 4. The molecule has 0 fully saturated rings. The number of carbonyl (C=O) groups is 1. The topological polar surface area (TPSA) is 62.2 Å². The zero-order chi connectivity index (χ0) is 12.8. The first-order chi connectivity index (χ1) is 7.99. The zero-order valence-electron chi connectivity index (χ0n) is 10.6. The molecule has 0 saturated heterocycles. The Bertz CT molecular complexity index is 363. The third-order valence-electron chi connectivity index (χ3n) is 2.47. The quantitative estimate of drug-likeness (QED) is 0.785. The van der Waals surface area contributed by atoms with E-state index >= 15 is 0 Å². The summed E-state index contributed by atoms with van der Waals surface area (Å²) in [5.74, 6) is -0.630. The molecule has 1 atom stereocenters. The largest absolute Gasteiger partial charge is 0.481 e. The van der Waals surface area contributed by atoms with E-state index in [4.69, 9.17) is 5.11 Å². The van der Waals surface area contributed by atoms with Crippen LogP contribution < -0.4 is 5.32 Å². The Hall–Kier alpha value is -0.940. The average Bonchev–Trinajstić information content (AvgIpc) is 2.62. The minimum absolute atomic E-state index is 0.310. The minimum Gasteiger partial charge on any atom is -0.481 e. The van der Waals surface area contributed by atoms with Crippen molar-refractivity contribution in [3.8, 4) is 0 Å². The van der Waals surface area contributed by atoms with Crippen molar-refractivity contribution in [1.29, 1.82) is 0 Å². The fourth-order valence-corrected chi connectivity index (χ4v) is 2.32. The lowest BCUT2D eigenvalue weighted by atomic mass is 9.97. The first kappa shape index (κ1) is 14.1. The van der Waals surface area contributed by atoms with Crippen molar-refractivity contribution in [2.45, 2.75) is 33.7 Å². The summed E-state index contributed by atoms with van der Waals surface area (Å²) in [5.41, 5.74) is 0.987. The molecule has 1 rings (SSSR count). The maximum absolute atomic E-state index is 11.0. The Morgan fingerprint density at radius 3 is 2.76 bits per heavy atom. The highest BCUT2D eigenvalue weighted by molar-refractivity contribution is 7.09. The van der Waals surface area contributed by atoms with Crippen molar-refractivity contribution >= 4 is 17.3 Å². The van der Waals surface area contributed by atoms with E-state index < -0.39 is 5.97 Å². The molecular formula is C12H20N2O2S. The minimum atomic E-state index is -0.722. The van der Waals surface area contributed by atoms with Crippen LogP contribution in [0.15, 0.2) is 5.38 Å². The Labute approximate surface area is 106 Å². The molecule has 4 nitrogen and oxygen atoms in total. The molecule has 1 heterocycles. The maximum Gasteiger partial charge on any atom is 0.307 e. The molecule has 17 heavy (non-hydrogen) atoms. The van der Waals surface area contributed by atoms with Crippen molar-refractivity contribution in [2.75, 3.05) is 6.54 Å². The molecular weight excluding hydrogens is 236 g/mol. The van der Waals surface area contributed by atoms with E-state index in [2.05, 4.69) is 10.3 Å². The fourth-order valence-electron chi connectivity index (χ4n) is 1.70. The number of nitrogens with zero attached hydrogens (tertiary/aromatic N) is 1. The number of aliphatic carboxylic acids is 1. The second-order valence-corrected chi connectivity index (χ2v) is 5.72. The predicted octanol–water partition coefficient (Wildman–Crippen LogP) is 2.29. The van der Waals surface area contributed by atoms with E-state index in [-0.39, 0.29) is 5.92 Å². The molecule has 1 aromatic heterocycles. The monoisotopic (exact) mass is 256 g/mol. The highest BCUT2D eigenvalue weighted by atomic mass is 32.1. The van der Waals surface area contributed by atoms with Crippen LogP contribution in [-0.2, 0) is 11.3 Å². The Morgan fingerprint density at radius 1 is 1.59 bits per heavy atom. The van der Waals surface area contributed by atoms with Gasteiger partial charge in [-0.3, -0.25) is 4.79 Å². The van der Waals surface area contributed by atoms with Gasteiger partial charge in [-0.25, -0.2) is 4.98 Å². The van der Waals surface area contributed by atoms with Gasteiger partial charge >= 0.3 is 5.97 Å². The van der Waals surface area contributed by atoms with Crippen LogP contribution in [0.4, 0.5) is 0 Å². The number of carboxylic acid groups (broad SMARTS) is 1. The third-order valence-corrected chi connectivity index (χ3v) is 3.29. The number of hydrogen-bond donors (Lipinski definition) is 2. The van der Waals surface area contributed by atoms with Gasteiger partial charge in [-0.05, 0) is 19.3 Å². The van der Waals surface area contributed by atoms with Crippen molar-refractivity contribution in [3.05, 3.63) is 16.1 Å². The molecule has 0 amide bonds. The summed E-state index contributed by atoms with van der Waals surface area (Å²) in [6, 6.07) is 0. The summed E-state index contributed by atoms with van der Waals surface area (Å²) < 4.78 is 0. The summed E-state index contributed by atoms with van der Waals surface area (Å²) in [7, 11) is 0. The van der Waals surface area contributed by atoms with Crippen LogP contribution in [0.1, 0.15) is 31.0 Å². The van der Waals surface area contributed by atoms with Gasteiger partial charge in [0.05, 0.1) is 16.6 Å². The normalized spacial score (nSPS) is 12.9. The van der Waals surface area contributed by atoms with Crippen molar-refractivity contribution in [1.82, 2.24) is 10.3 Å². The van der Waals surface area contributed by atoms with Gasteiger partial charge in [-0.1, -0.05) is 13.8 Å². The van der Waals surface area contributed by atoms with Gasteiger partial charge in [-0.2, -0.15) is 0 Å². The number of nitrogens with one attached hydrogen (secondary N) is 1.